The van der Waals surface area contributed by atoms with Gasteiger partial charge in [-0.15, -0.1) is 0 Å². The van der Waals surface area contributed by atoms with Crippen LogP contribution in [0.3, 0.4) is 0 Å². The van der Waals surface area contributed by atoms with Crippen molar-refractivity contribution in [3.05, 3.63) is 70.3 Å². The van der Waals surface area contributed by atoms with Gasteiger partial charge in [0.05, 0.1) is 6.61 Å². The molecule has 0 atom stereocenters. The predicted molar refractivity (Wildman–Crippen MR) is 101 cm³/mol. The minimum Gasteiger partial charge on any atom is -0.493 e. The topological polar surface area (TPSA) is 72.6 Å². The average Bonchev–Trinajstić information content (AvgIpc) is 2.65. The largest absolute Gasteiger partial charge is 0.493 e. The molecule has 27 heavy (non-hydrogen) atoms. The average molecular weight is 364 g/mol. The highest BCUT2D eigenvalue weighted by Gasteiger charge is 2.34. The van der Waals surface area contributed by atoms with Crippen LogP contribution in [0, 0.1) is 0 Å². The SMILES string of the molecule is CCCOc1ccc2cc(C(=O)N3CC(c4ccccn4)C3)c(=O)oc2c1. The van der Waals surface area contributed by atoms with Crippen molar-refractivity contribution >= 4 is 16.9 Å². The van der Waals surface area contributed by atoms with Crippen LogP contribution in [-0.2, 0) is 0 Å². The van der Waals surface area contributed by atoms with Gasteiger partial charge in [-0.05, 0) is 36.8 Å². The summed E-state index contributed by atoms with van der Waals surface area (Å²) >= 11 is 0. The first-order valence-electron chi connectivity index (χ1n) is 9.06. The molecule has 4 rings (SSSR count). The zero-order valence-electron chi connectivity index (χ0n) is 15.1. The molecule has 3 aromatic rings. The van der Waals surface area contributed by atoms with Gasteiger partial charge in [0.15, 0.2) is 0 Å². The zero-order chi connectivity index (χ0) is 18.8. The zero-order valence-corrected chi connectivity index (χ0v) is 15.1. The van der Waals surface area contributed by atoms with Gasteiger partial charge in [-0.2, -0.15) is 0 Å². The van der Waals surface area contributed by atoms with Crippen LogP contribution in [0.15, 0.2) is 57.9 Å². The summed E-state index contributed by atoms with van der Waals surface area (Å²) in [6.45, 7) is 3.72. The Labute approximate surface area is 156 Å². The van der Waals surface area contributed by atoms with Crippen LogP contribution in [0.5, 0.6) is 5.75 Å². The van der Waals surface area contributed by atoms with E-state index in [0.29, 0.717) is 36.4 Å². The Hall–Kier alpha value is -3.15. The fourth-order valence-electron chi connectivity index (χ4n) is 3.17. The number of fused-ring (bicyclic) bond motifs is 1. The number of ether oxygens (including phenoxy) is 1. The van der Waals surface area contributed by atoms with E-state index in [1.807, 2.05) is 31.2 Å². The minimum absolute atomic E-state index is 0.0594. The molecule has 0 spiro atoms. The molecule has 0 N–H and O–H groups in total. The van der Waals surface area contributed by atoms with Crippen molar-refractivity contribution in [1.82, 2.24) is 9.88 Å². The van der Waals surface area contributed by atoms with E-state index in [-0.39, 0.29) is 17.4 Å². The number of amides is 1. The first-order valence-corrected chi connectivity index (χ1v) is 9.06. The standard InChI is InChI=1S/C21H20N2O4/c1-2-9-26-16-7-6-14-10-17(21(25)27-19(14)11-16)20(24)23-12-15(13-23)18-5-3-4-8-22-18/h3-8,10-11,15H,2,9,12-13H2,1H3. The molecular weight excluding hydrogens is 344 g/mol. The second-order valence-electron chi connectivity index (χ2n) is 6.66. The van der Waals surface area contributed by atoms with E-state index in [0.717, 1.165) is 12.1 Å². The predicted octanol–water partition coefficient (Wildman–Crippen LogP) is 3.22. The molecule has 0 saturated carbocycles. The Morgan fingerprint density at radius 2 is 2.11 bits per heavy atom. The summed E-state index contributed by atoms with van der Waals surface area (Å²) in [5.41, 5.74) is 0.817. The molecule has 2 aromatic heterocycles. The third-order valence-electron chi connectivity index (χ3n) is 4.69. The van der Waals surface area contributed by atoms with Gasteiger partial charge in [-0.1, -0.05) is 13.0 Å². The number of hydrogen-bond acceptors (Lipinski definition) is 5. The maximum Gasteiger partial charge on any atom is 0.349 e. The number of nitrogens with zero attached hydrogens (tertiary/aromatic N) is 2. The first kappa shape index (κ1) is 17.3. The molecular formula is C21H20N2O4. The molecule has 6 nitrogen and oxygen atoms in total. The number of hydrogen-bond donors (Lipinski definition) is 0. The smallest absolute Gasteiger partial charge is 0.349 e. The summed E-state index contributed by atoms with van der Waals surface area (Å²) < 4.78 is 10.9. The Bertz CT molecular complexity index is 1020. The monoisotopic (exact) mass is 364 g/mol. The molecule has 6 heteroatoms. The minimum atomic E-state index is -0.624. The van der Waals surface area contributed by atoms with E-state index >= 15 is 0 Å². The van der Waals surface area contributed by atoms with Gasteiger partial charge < -0.3 is 14.1 Å². The van der Waals surface area contributed by atoms with Gasteiger partial charge in [0.2, 0.25) is 0 Å². The van der Waals surface area contributed by atoms with Crippen molar-refractivity contribution in [3.63, 3.8) is 0 Å². The number of likely N-dealkylation sites (tertiary alicyclic amines) is 1. The van der Waals surface area contributed by atoms with Gasteiger partial charge in [0, 0.05) is 42.4 Å². The molecule has 1 aliphatic heterocycles. The Kier molecular flexibility index (Phi) is 4.62. The van der Waals surface area contributed by atoms with Crippen LogP contribution in [0.2, 0.25) is 0 Å². The molecule has 1 aliphatic rings. The van der Waals surface area contributed by atoms with Crippen molar-refractivity contribution in [2.24, 2.45) is 0 Å². The molecule has 0 unspecified atom stereocenters. The molecule has 3 heterocycles. The van der Waals surface area contributed by atoms with Crippen LogP contribution in [-0.4, -0.2) is 35.5 Å². The lowest BCUT2D eigenvalue weighted by atomic mass is 9.95. The lowest BCUT2D eigenvalue weighted by molar-refractivity contribution is 0.0594. The van der Waals surface area contributed by atoms with Crippen LogP contribution in [0.4, 0.5) is 0 Å². The van der Waals surface area contributed by atoms with E-state index in [1.54, 1.807) is 29.3 Å². The molecule has 1 aromatic carbocycles. The number of pyridine rings is 1. The van der Waals surface area contributed by atoms with Gasteiger partial charge in [-0.25, -0.2) is 4.79 Å². The molecule has 138 valence electrons. The quantitative estimate of drug-likeness (QED) is 0.650. The maximum absolute atomic E-state index is 12.7. The summed E-state index contributed by atoms with van der Waals surface area (Å²) in [6, 6.07) is 12.6. The molecule has 1 amide bonds. The van der Waals surface area contributed by atoms with Crippen molar-refractivity contribution in [2.75, 3.05) is 19.7 Å². The van der Waals surface area contributed by atoms with Gasteiger partial charge in [0.1, 0.15) is 16.9 Å². The fraction of sp³-hybridized carbons (Fsp3) is 0.286. The highest BCUT2D eigenvalue weighted by Crippen LogP contribution is 2.27. The first-order chi connectivity index (χ1) is 13.2. The van der Waals surface area contributed by atoms with Crippen molar-refractivity contribution < 1.29 is 13.9 Å². The molecule has 0 aliphatic carbocycles. The summed E-state index contributed by atoms with van der Waals surface area (Å²) in [4.78, 5) is 31.0. The second-order valence-corrected chi connectivity index (χ2v) is 6.66. The Morgan fingerprint density at radius 1 is 1.26 bits per heavy atom. The van der Waals surface area contributed by atoms with Crippen LogP contribution < -0.4 is 10.4 Å². The Balaban J connectivity index is 1.52. The van der Waals surface area contributed by atoms with Crippen molar-refractivity contribution in [2.45, 2.75) is 19.3 Å². The summed E-state index contributed by atoms with van der Waals surface area (Å²) in [7, 11) is 0. The number of aromatic nitrogens is 1. The highest BCUT2D eigenvalue weighted by atomic mass is 16.5. The summed E-state index contributed by atoms with van der Waals surface area (Å²) in [6.07, 6.45) is 2.64. The number of rotatable bonds is 5. The van der Waals surface area contributed by atoms with E-state index in [9.17, 15) is 9.59 Å². The van der Waals surface area contributed by atoms with E-state index in [4.69, 9.17) is 9.15 Å². The van der Waals surface area contributed by atoms with Crippen molar-refractivity contribution in [3.8, 4) is 5.75 Å². The number of carbonyl (C=O) groups is 1. The lowest BCUT2D eigenvalue weighted by Crippen LogP contribution is -2.49. The van der Waals surface area contributed by atoms with Gasteiger partial charge in [0.25, 0.3) is 5.91 Å². The van der Waals surface area contributed by atoms with Gasteiger partial charge in [-0.3, -0.25) is 9.78 Å². The van der Waals surface area contributed by atoms with Crippen molar-refractivity contribution in [1.29, 1.82) is 0 Å². The second kappa shape index (κ2) is 7.23. The van der Waals surface area contributed by atoms with Crippen LogP contribution in [0.25, 0.3) is 11.0 Å². The van der Waals surface area contributed by atoms with E-state index in [1.165, 1.54) is 0 Å². The van der Waals surface area contributed by atoms with Gasteiger partial charge >= 0.3 is 5.63 Å². The normalized spacial score (nSPS) is 14.2. The third-order valence-corrected chi connectivity index (χ3v) is 4.69. The molecule has 1 fully saturated rings. The lowest BCUT2D eigenvalue weighted by Gasteiger charge is -2.38. The third kappa shape index (κ3) is 3.43. The highest BCUT2D eigenvalue weighted by molar-refractivity contribution is 5.97. The van der Waals surface area contributed by atoms with Crippen LogP contribution >= 0.6 is 0 Å². The molecule has 1 saturated heterocycles. The number of carbonyl (C=O) groups excluding carboxylic acids is 1. The fourth-order valence-corrected chi connectivity index (χ4v) is 3.17. The Morgan fingerprint density at radius 3 is 2.85 bits per heavy atom. The van der Waals surface area contributed by atoms with E-state index < -0.39 is 5.63 Å². The maximum atomic E-state index is 12.7. The van der Waals surface area contributed by atoms with Crippen LogP contribution in [0.1, 0.15) is 35.3 Å². The molecule has 0 bridgehead atoms. The number of benzene rings is 1. The summed E-state index contributed by atoms with van der Waals surface area (Å²) in [5.74, 6) is 0.553. The van der Waals surface area contributed by atoms with E-state index in [2.05, 4.69) is 4.98 Å². The summed E-state index contributed by atoms with van der Waals surface area (Å²) in [5, 5.41) is 0.698. The molecule has 0 radical (unpaired) electrons.